The van der Waals surface area contributed by atoms with Gasteiger partial charge in [0.2, 0.25) is 0 Å². The summed E-state index contributed by atoms with van der Waals surface area (Å²) in [5, 5.41) is 2.72. The second-order valence-electron chi connectivity index (χ2n) is 4.23. The summed E-state index contributed by atoms with van der Waals surface area (Å²) >= 11 is 0. The SMILES string of the molecule is CC[C@@H](C)[C@H](NC(=O)c1ccccc1)C(=O)OC. The van der Waals surface area contributed by atoms with Crippen LogP contribution in [0.15, 0.2) is 30.3 Å². The van der Waals surface area contributed by atoms with E-state index in [1.807, 2.05) is 19.9 Å². The largest absolute Gasteiger partial charge is 0.467 e. The Labute approximate surface area is 107 Å². The number of benzene rings is 1. The van der Waals surface area contributed by atoms with Gasteiger partial charge in [-0.05, 0) is 18.1 Å². The van der Waals surface area contributed by atoms with Crippen LogP contribution in [-0.2, 0) is 9.53 Å². The van der Waals surface area contributed by atoms with Gasteiger partial charge in [-0.3, -0.25) is 4.79 Å². The Kier molecular flexibility index (Phi) is 5.36. The summed E-state index contributed by atoms with van der Waals surface area (Å²) in [7, 11) is 1.33. The number of hydrogen-bond donors (Lipinski definition) is 1. The highest BCUT2D eigenvalue weighted by molar-refractivity contribution is 5.96. The van der Waals surface area contributed by atoms with E-state index in [2.05, 4.69) is 5.32 Å². The van der Waals surface area contributed by atoms with Crippen LogP contribution in [-0.4, -0.2) is 25.0 Å². The van der Waals surface area contributed by atoms with E-state index < -0.39 is 12.0 Å². The Hall–Kier alpha value is -1.84. The molecule has 18 heavy (non-hydrogen) atoms. The van der Waals surface area contributed by atoms with E-state index >= 15 is 0 Å². The van der Waals surface area contributed by atoms with Crippen molar-refractivity contribution in [2.75, 3.05) is 7.11 Å². The maximum atomic E-state index is 12.0. The third-order valence-electron chi connectivity index (χ3n) is 2.99. The molecule has 4 heteroatoms. The summed E-state index contributed by atoms with van der Waals surface area (Å²) in [5.74, 6) is -0.634. The molecule has 0 aliphatic carbocycles. The molecule has 0 aromatic heterocycles. The van der Waals surface area contributed by atoms with Crippen LogP contribution in [0.2, 0.25) is 0 Å². The van der Waals surface area contributed by atoms with Gasteiger partial charge >= 0.3 is 5.97 Å². The fourth-order valence-electron chi connectivity index (χ4n) is 1.61. The van der Waals surface area contributed by atoms with Crippen LogP contribution >= 0.6 is 0 Å². The number of carbonyl (C=O) groups excluding carboxylic acids is 2. The van der Waals surface area contributed by atoms with E-state index in [1.54, 1.807) is 24.3 Å². The molecule has 0 saturated heterocycles. The lowest BCUT2D eigenvalue weighted by Crippen LogP contribution is -2.45. The highest BCUT2D eigenvalue weighted by Gasteiger charge is 2.26. The van der Waals surface area contributed by atoms with Crippen molar-refractivity contribution in [3.05, 3.63) is 35.9 Å². The van der Waals surface area contributed by atoms with Gasteiger partial charge in [-0.1, -0.05) is 38.5 Å². The Morgan fingerprint density at radius 3 is 2.39 bits per heavy atom. The Balaban J connectivity index is 2.78. The summed E-state index contributed by atoms with van der Waals surface area (Å²) in [6.07, 6.45) is 0.787. The zero-order valence-electron chi connectivity index (χ0n) is 11.0. The van der Waals surface area contributed by atoms with E-state index in [-0.39, 0.29) is 11.8 Å². The number of esters is 1. The predicted octanol–water partition coefficient (Wildman–Crippen LogP) is 2.00. The first kappa shape index (κ1) is 14.2. The van der Waals surface area contributed by atoms with Crippen LogP contribution < -0.4 is 5.32 Å². The van der Waals surface area contributed by atoms with Crippen molar-refractivity contribution in [2.45, 2.75) is 26.3 Å². The third kappa shape index (κ3) is 3.58. The molecular weight excluding hydrogens is 230 g/mol. The molecule has 1 N–H and O–H groups in total. The molecule has 0 fully saturated rings. The zero-order valence-corrected chi connectivity index (χ0v) is 11.0. The lowest BCUT2D eigenvalue weighted by atomic mass is 9.99. The summed E-state index contributed by atoms with van der Waals surface area (Å²) in [6.45, 7) is 3.88. The molecule has 1 aromatic rings. The molecule has 1 amide bonds. The van der Waals surface area contributed by atoms with E-state index in [1.165, 1.54) is 7.11 Å². The zero-order chi connectivity index (χ0) is 13.5. The Morgan fingerprint density at radius 2 is 1.89 bits per heavy atom. The molecule has 0 radical (unpaired) electrons. The minimum absolute atomic E-state index is 0.0325. The minimum Gasteiger partial charge on any atom is -0.467 e. The van der Waals surface area contributed by atoms with Gasteiger partial charge in [0.05, 0.1) is 7.11 Å². The van der Waals surface area contributed by atoms with Crippen molar-refractivity contribution in [1.82, 2.24) is 5.32 Å². The van der Waals surface area contributed by atoms with Gasteiger partial charge in [0.1, 0.15) is 6.04 Å². The quantitative estimate of drug-likeness (QED) is 0.812. The van der Waals surface area contributed by atoms with Gasteiger partial charge < -0.3 is 10.1 Å². The molecular formula is C14H19NO3. The molecule has 0 heterocycles. The van der Waals surface area contributed by atoms with Gasteiger partial charge in [-0.2, -0.15) is 0 Å². The highest BCUT2D eigenvalue weighted by Crippen LogP contribution is 2.10. The van der Waals surface area contributed by atoms with Crippen molar-refractivity contribution in [2.24, 2.45) is 5.92 Å². The molecule has 0 bridgehead atoms. The molecule has 0 aliphatic rings. The third-order valence-corrected chi connectivity index (χ3v) is 2.99. The first-order valence-electron chi connectivity index (χ1n) is 6.03. The van der Waals surface area contributed by atoms with Crippen LogP contribution in [0.4, 0.5) is 0 Å². The predicted molar refractivity (Wildman–Crippen MR) is 69.2 cm³/mol. The fourth-order valence-corrected chi connectivity index (χ4v) is 1.61. The van der Waals surface area contributed by atoms with E-state index in [0.29, 0.717) is 5.56 Å². The molecule has 0 unspecified atom stereocenters. The van der Waals surface area contributed by atoms with Crippen molar-refractivity contribution in [3.63, 3.8) is 0 Å². The molecule has 0 spiro atoms. The number of hydrogen-bond acceptors (Lipinski definition) is 3. The second kappa shape index (κ2) is 6.79. The number of methoxy groups -OCH3 is 1. The smallest absolute Gasteiger partial charge is 0.328 e. The normalized spacial score (nSPS) is 13.5. The van der Waals surface area contributed by atoms with E-state index in [0.717, 1.165) is 6.42 Å². The van der Waals surface area contributed by atoms with Crippen LogP contribution in [0.25, 0.3) is 0 Å². The molecule has 0 aliphatic heterocycles. The molecule has 0 saturated carbocycles. The van der Waals surface area contributed by atoms with Crippen LogP contribution in [0.5, 0.6) is 0 Å². The van der Waals surface area contributed by atoms with Gasteiger partial charge in [-0.25, -0.2) is 4.79 Å². The number of rotatable bonds is 5. The van der Waals surface area contributed by atoms with E-state index in [4.69, 9.17) is 4.74 Å². The number of nitrogens with one attached hydrogen (secondary N) is 1. The van der Waals surface area contributed by atoms with Gasteiger partial charge in [0, 0.05) is 5.56 Å². The summed E-state index contributed by atoms with van der Waals surface area (Å²) in [5.41, 5.74) is 0.537. The standard InChI is InChI=1S/C14H19NO3/c1-4-10(2)12(14(17)18-3)15-13(16)11-8-6-5-7-9-11/h5-10,12H,4H2,1-3H3,(H,15,16)/t10-,12+/m1/s1. The summed E-state index contributed by atoms with van der Waals surface area (Å²) in [4.78, 5) is 23.6. The highest BCUT2D eigenvalue weighted by atomic mass is 16.5. The maximum Gasteiger partial charge on any atom is 0.328 e. The number of amides is 1. The van der Waals surface area contributed by atoms with E-state index in [9.17, 15) is 9.59 Å². The van der Waals surface area contributed by atoms with Crippen LogP contribution in [0.3, 0.4) is 0 Å². The molecule has 4 nitrogen and oxygen atoms in total. The average Bonchev–Trinajstić information content (AvgIpc) is 2.43. The summed E-state index contributed by atoms with van der Waals surface area (Å²) < 4.78 is 4.72. The van der Waals surface area contributed by atoms with Crippen molar-refractivity contribution in [3.8, 4) is 0 Å². The Morgan fingerprint density at radius 1 is 1.28 bits per heavy atom. The number of carbonyl (C=O) groups is 2. The average molecular weight is 249 g/mol. The van der Waals surface area contributed by atoms with Gasteiger partial charge in [0.25, 0.3) is 5.91 Å². The van der Waals surface area contributed by atoms with Crippen molar-refractivity contribution < 1.29 is 14.3 Å². The first-order chi connectivity index (χ1) is 8.60. The van der Waals surface area contributed by atoms with Crippen LogP contribution in [0.1, 0.15) is 30.6 Å². The first-order valence-corrected chi connectivity index (χ1v) is 6.03. The molecule has 98 valence electrons. The monoisotopic (exact) mass is 249 g/mol. The fraction of sp³-hybridized carbons (Fsp3) is 0.429. The second-order valence-corrected chi connectivity index (χ2v) is 4.23. The van der Waals surface area contributed by atoms with Crippen molar-refractivity contribution in [1.29, 1.82) is 0 Å². The van der Waals surface area contributed by atoms with Crippen molar-refractivity contribution >= 4 is 11.9 Å². The Bertz CT molecular complexity index is 403. The maximum absolute atomic E-state index is 12.0. The molecule has 2 atom stereocenters. The van der Waals surface area contributed by atoms with Gasteiger partial charge in [0.15, 0.2) is 0 Å². The topological polar surface area (TPSA) is 55.4 Å². The minimum atomic E-state index is -0.604. The summed E-state index contributed by atoms with van der Waals surface area (Å²) in [6, 6.07) is 8.22. The lowest BCUT2D eigenvalue weighted by molar-refractivity contribution is -0.144. The molecule has 1 aromatic carbocycles. The lowest BCUT2D eigenvalue weighted by Gasteiger charge is -2.21. The van der Waals surface area contributed by atoms with Crippen LogP contribution in [0, 0.1) is 5.92 Å². The van der Waals surface area contributed by atoms with Gasteiger partial charge in [-0.15, -0.1) is 0 Å². The number of ether oxygens (including phenoxy) is 1. The molecule has 1 rings (SSSR count).